The molecular weight excluding hydrogens is 299 g/mol. The zero-order valence-electron chi connectivity index (χ0n) is 10.2. The minimum Gasteiger partial charge on any atom is -0.492 e. The van der Waals surface area contributed by atoms with Crippen molar-refractivity contribution in [3.05, 3.63) is 28.5 Å². The molecule has 1 atom stereocenters. The van der Waals surface area contributed by atoms with Crippen LogP contribution in [0.1, 0.15) is 12.8 Å². The molecule has 1 aromatic rings. The third-order valence-electron chi connectivity index (χ3n) is 3.25. The van der Waals surface area contributed by atoms with Crippen LogP contribution >= 0.6 is 15.9 Å². The summed E-state index contributed by atoms with van der Waals surface area (Å²) < 4.78 is 19.4. The third-order valence-corrected chi connectivity index (χ3v) is 3.71. The van der Waals surface area contributed by atoms with Crippen LogP contribution in [0.25, 0.3) is 0 Å². The quantitative estimate of drug-likeness (QED) is 0.906. The van der Waals surface area contributed by atoms with Crippen molar-refractivity contribution in [1.82, 2.24) is 4.90 Å². The van der Waals surface area contributed by atoms with Crippen molar-refractivity contribution >= 4 is 15.9 Å². The summed E-state index contributed by atoms with van der Waals surface area (Å²) in [7, 11) is 0. The Balaban J connectivity index is 1.81. The van der Waals surface area contributed by atoms with Crippen LogP contribution < -0.4 is 10.5 Å². The van der Waals surface area contributed by atoms with Crippen molar-refractivity contribution in [2.45, 2.75) is 18.9 Å². The Bertz CT molecular complexity index is 382. The van der Waals surface area contributed by atoms with Gasteiger partial charge in [0.25, 0.3) is 0 Å². The number of hydrogen-bond donors (Lipinski definition) is 1. The van der Waals surface area contributed by atoms with E-state index in [-0.39, 0.29) is 5.82 Å². The highest BCUT2D eigenvalue weighted by atomic mass is 79.9. The monoisotopic (exact) mass is 316 g/mol. The second kappa shape index (κ2) is 6.50. The summed E-state index contributed by atoms with van der Waals surface area (Å²) >= 11 is 3.24. The number of ether oxygens (including phenoxy) is 1. The number of halogens is 2. The fraction of sp³-hybridized carbons (Fsp3) is 0.538. The van der Waals surface area contributed by atoms with E-state index in [0.29, 0.717) is 29.4 Å². The topological polar surface area (TPSA) is 38.5 Å². The minimum absolute atomic E-state index is 0.291. The van der Waals surface area contributed by atoms with E-state index in [0.717, 1.165) is 13.1 Å². The SMILES string of the molecule is NCC1CCCN1CCOc1cc(F)cc(Br)c1. The van der Waals surface area contributed by atoms with Gasteiger partial charge in [-0.2, -0.15) is 0 Å². The molecule has 0 bridgehead atoms. The Morgan fingerprint density at radius 2 is 2.28 bits per heavy atom. The molecule has 0 aliphatic carbocycles. The van der Waals surface area contributed by atoms with Gasteiger partial charge in [0.15, 0.2) is 0 Å². The van der Waals surface area contributed by atoms with Crippen LogP contribution in [0.2, 0.25) is 0 Å². The van der Waals surface area contributed by atoms with Gasteiger partial charge in [-0.15, -0.1) is 0 Å². The van der Waals surface area contributed by atoms with Crippen LogP contribution in [0.4, 0.5) is 4.39 Å². The Labute approximate surface area is 115 Å². The predicted molar refractivity (Wildman–Crippen MR) is 73.2 cm³/mol. The average Bonchev–Trinajstić information content (AvgIpc) is 2.75. The average molecular weight is 317 g/mol. The number of benzene rings is 1. The molecule has 18 heavy (non-hydrogen) atoms. The van der Waals surface area contributed by atoms with Crippen molar-refractivity contribution in [1.29, 1.82) is 0 Å². The van der Waals surface area contributed by atoms with Gasteiger partial charge in [0.2, 0.25) is 0 Å². The lowest BCUT2D eigenvalue weighted by atomic mass is 10.2. The summed E-state index contributed by atoms with van der Waals surface area (Å²) in [6.07, 6.45) is 2.37. The number of nitrogens with two attached hydrogens (primary N) is 1. The molecule has 1 fully saturated rings. The normalized spacial score (nSPS) is 20.3. The van der Waals surface area contributed by atoms with Gasteiger partial charge in [-0.05, 0) is 31.5 Å². The fourth-order valence-electron chi connectivity index (χ4n) is 2.35. The number of nitrogens with zero attached hydrogens (tertiary/aromatic N) is 1. The van der Waals surface area contributed by atoms with Crippen LogP contribution in [0.15, 0.2) is 22.7 Å². The Kier molecular flexibility index (Phi) is 4.97. The van der Waals surface area contributed by atoms with Crippen molar-refractivity contribution in [2.75, 3.05) is 26.2 Å². The highest BCUT2D eigenvalue weighted by Gasteiger charge is 2.22. The highest BCUT2D eigenvalue weighted by Crippen LogP contribution is 2.21. The van der Waals surface area contributed by atoms with Gasteiger partial charge in [0.05, 0.1) is 0 Å². The van der Waals surface area contributed by atoms with Crippen molar-refractivity contribution in [3.63, 3.8) is 0 Å². The molecule has 1 aliphatic heterocycles. The van der Waals surface area contributed by atoms with Crippen LogP contribution in [0.5, 0.6) is 5.75 Å². The largest absolute Gasteiger partial charge is 0.492 e. The fourth-order valence-corrected chi connectivity index (χ4v) is 2.79. The Morgan fingerprint density at radius 3 is 3.00 bits per heavy atom. The smallest absolute Gasteiger partial charge is 0.128 e. The molecule has 100 valence electrons. The van der Waals surface area contributed by atoms with Gasteiger partial charge in [-0.1, -0.05) is 15.9 Å². The molecule has 0 saturated carbocycles. The van der Waals surface area contributed by atoms with Crippen molar-refractivity contribution in [3.8, 4) is 5.75 Å². The highest BCUT2D eigenvalue weighted by molar-refractivity contribution is 9.10. The first-order chi connectivity index (χ1) is 8.69. The maximum absolute atomic E-state index is 13.1. The lowest BCUT2D eigenvalue weighted by Gasteiger charge is -2.22. The van der Waals surface area contributed by atoms with Gasteiger partial charge in [-0.3, -0.25) is 4.90 Å². The first-order valence-electron chi connectivity index (χ1n) is 6.22. The van der Waals surface area contributed by atoms with Crippen molar-refractivity contribution < 1.29 is 9.13 Å². The Hall–Kier alpha value is -0.650. The molecule has 2 N–H and O–H groups in total. The maximum Gasteiger partial charge on any atom is 0.128 e. The summed E-state index contributed by atoms with van der Waals surface area (Å²) in [5.41, 5.74) is 5.71. The van der Waals surface area contributed by atoms with E-state index in [2.05, 4.69) is 20.8 Å². The van der Waals surface area contributed by atoms with Crippen LogP contribution in [-0.2, 0) is 0 Å². The van der Waals surface area contributed by atoms with E-state index in [4.69, 9.17) is 10.5 Å². The van der Waals surface area contributed by atoms with Gasteiger partial charge < -0.3 is 10.5 Å². The molecule has 2 rings (SSSR count). The second-order valence-corrected chi connectivity index (χ2v) is 5.44. The molecule has 0 spiro atoms. The molecule has 1 heterocycles. The summed E-state index contributed by atoms with van der Waals surface area (Å²) in [5, 5.41) is 0. The molecule has 1 saturated heterocycles. The molecule has 1 aliphatic rings. The van der Waals surface area contributed by atoms with E-state index in [1.807, 2.05) is 0 Å². The van der Waals surface area contributed by atoms with Crippen molar-refractivity contribution in [2.24, 2.45) is 5.73 Å². The maximum atomic E-state index is 13.1. The minimum atomic E-state index is -0.291. The summed E-state index contributed by atoms with van der Waals surface area (Å²) in [6.45, 7) is 3.19. The van der Waals surface area contributed by atoms with Gasteiger partial charge >= 0.3 is 0 Å². The Morgan fingerprint density at radius 1 is 1.44 bits per heavy atom. The molecule has 0 aromatic heterocycles. The number of likely N-dealkylation sites (tertiary alicyclic amines) is 1. The second-order valence-electron chi connectivity index (χ2n) is 4.52. The first kappa shape index (κ1) is 13.8. The van der Waals surface area contributed by atoms with E-state index < -0.39 is 0 Å². The van der Waals surface area contributed by atoms with Gasteiger partial charge in [0, 0.05) is 29.7 Å². The lowest BCUT2D eigenvalue weighted by Crippen LogP contribution is -2.37. The van der Waals surface area contributed by atoms with Crippen LogP contribution in [0, 0.1) is 5.82 Å². The molecule has 5 heteroatoms. The zero-order chi connectivity index (χ0) is 13.0. The number of hydrogen-bond acceptors (Lipinski definition) is 3. The third kappa shape index (κ3) is 3.67. The van der Waals surface area contributed by atoms with E-state index in [1.54, 1.807) is 6.07 Å². The summed E-state index contributed by atoms with van der Waals surface area (Å²) in [5.74, 6) is 0.269. The van der Waals surface area contributed by atoms with Gasteiger partial charge in [-0.25, -0.2) is 4.39 Å². The zero-order valence-corrected chi connectivity index (χ0v) is 11.8. The first-order valence-corrected chi connectivity index (χ1v) is 7.01. The molecule has 1 aromatic carbocycles. The molecular formula is C13H18BrFN2O. The predicted octanol–water partition coefficient (Wildman–Crippen LogP) is 2.39. The standard InChI is InChI=1S/C13H18BrFN2O/c14-10-6-11(15)8-13(7-10)18-5-4-17-3-1-2-12(17)9-16/h6-8,12H,1-5,9,16H2. The molecule has 0 amide bonds. The van der Waals surface area contributed by atoms with Crippen LogP contribution in [-0.4, -0.2) is 37.2 Å². The van der Waals surface area contributed by atoms with Gasteiger partial charge in [0.1, 0.15) is 18.2 Å². The van der Waals surface area contributed by atoms with Crippen LogP contribution in [0.3, 0.4) is 0 Å². The van der Waals surface area contributed by atoms with E-state index >= 15 is 0 Å². The lowest BCUT2D eigenvalue weighted by molar-refractivity contribution is 0.199. The van der Waals surface area contributed by atoms with E-state index in [1.165, 1.54) is 25.0 Å². The molecule has 3 nitrogen and oxygen atoms in total. The molecule has 0 radical (unpaired) electrons. The summed E-state index contributed by atoms with van der Waals surface area (Å²) in [6, 6.07) is 5.06. The molecule has 1 unspecified atom stereocenters. The van der Waals surface area contributed by atoms with E-state index in [9.17, 15) is 4.39 Å². The number of rotatable bonds is 5. The summed E-state index contributed by atoms with van der Waals surface area (Å²) in [4.78, 5) is 2.34.